The highest BCUT2D eigenvalue weighted by Gasteiger charge is 2.10. The van der Waals surface area contributed by atoms with Crippen molar-refractivity contribution in [1.82, 2.24) is 14.5 Å². The van der Waals surface area contributed by atoms with Gasteiger partial charge in [-0.2, -0.15) is 0 Å². The summed E-state index contributed by atoms with van der Waals surface area (Å²) in [5, 5.41) is 0. The monoisotopic (exact) mass is 246 g/mol. The molecule has 2 rings (SSSR count). The third-order valence-electron chi connectivity index (χ3n) is 3.70. The van der Waals surface area contributed by atoms with Crippen LogP contribution in [-0.2, 0) is 13.5 Å². The van der Waals surface area contributed by atoms with Crippen LogP contribution in [0, 0.1) is 5.92 Å². The molecular formula is C14H22N4. The average Bonchev–Trinajstić information content (AvgIpc) is 2.72. The van der Waals surface area contributed by atoms with Crippen molar-refractivity contribution in [3.63, 3.8) is 0 Å². The van der Waals surface area contributed by atoms with Crippen LogP contribution in [0.15, 0.2) is 18.5 Å². The fraction of sp³-hybridized carbons (Fsp3) is 0.571. The van der Waals surface area contributed by atoms with Crippen LogP contribution < -0.4 is 5.73 Å². The van der Waals surface area contributed by atoms with Gasteiger partial charge in [-0.05, 0) is 31.4 Å². The number of aryl methyl sites for hydroxylation is 2. The van der Waals surface area contributed by atoms with Crippen molar-refractivity contribution in [2.75, 3.05) is 6.54 Å². The minimum absolute atomic E-state index is 0.716. The van der Waals surface area contributed by atoms with E-state index in [4.69, 9.17) is 5.73 Å². The molecule has 0 aliphatic carbocycles. The summed E-state index contributed by atoms with van der Waals surface area (Å²) in [4.78, 5) is 8.76. The van der Waals surface area contributed by atoms with Crippen molar-refractivity contribution in [3.8, 4) is 0 Å². The lowest BCUT2D eigenvalue weighted by atomic mass is 9.96. The predicted molar refractivity (Wildman–Crippen MR) is 74.3 cm³/mol. The fourth-order valence-electron chi connectivity index (χ4n) is 2.45. The number of aromatic nitrogens is 3. The molecule has 2 aromatic heterocycles. The fourth-order valence-corrected chi connectivity index (χ4v) is 2.45. The molecule has 0 fully saturated rings. The molecule has 2 N–H and O–H groups in total. The molecule has 4 nitrogen and oxygen atoms in total. The predicted octanol–water partition coefficient (Wildman–Crippen LogP) is 2.28. The number of fused-ring (bicyclic) bond motifs is 1. The zero-order valence-electron chi connectivity index (χ0n) is 11.3. The van der Waals surface area contributed by atoms with Crippen molar-refractivity contribution >= 4 is 11.0 Å². The Balaban J connectivity index is 2.09. The maximum atomic E-state index is 5.64. The van der Waals surface area contributed by atoms with E-state index in [0.29, 0.717) is 5.92 Å². The van der Waals surface area contributed by atoms with Gasteiger partial charge in [-0.1, -0.05) is 13.3 Å². The zero-order chi connectivity index (χ0) is 13.0. The molecule has 0 spiro atoms. The molecule has 0 aliphatic rings. The lowest BCUT2D eigenvalue weighted by Crippen LogP contribution is -2.10. The molecular weight excluding hydrogens is 224 g/mol. The first-order valence-corrected chi connectivity index (χ1v) is 6.71. The van der Waals surface area contributed by atoms with Crippen molar-refractivity contribution < 1.29 is 0 Å². The largest absolute Gasteiger partial charge is 0.331 e. The van der Waals surface area contributed by atoms with Gasteiger partial charge < -0.3 is 10.3 Å². The Morgan fingerprint density at radius 2 is 2.22 bits per heavy atom. The van der Waals surface area contributed by atoms with E-state index >= 15 is 0 Å². The van der Waals surface area contributed by atoms with E-state index in [1.165, 1.54) is 6.42 Å². The van der Waals surface area contributed by atoms with Gasteiger partial charge in [-0.3, -0.25) is 4.98 Å². The molecule has 0 aromatic carbocycles. The average molecular weight is 246 g/mol. The summed E-state index contributed by atoms with van der Waals surface area (Å²) in [6.07, 6.45) is 8.14. The number of nitrogens with two attached hydrogens (primary N) is 1. The normalized spacial score (nSPS) is 13.1. The molecule has 18 heavy (non-hydrogen) atoms. The Morgan fingerprint density at radius 3 is 2.89 bits per heavy atom. The van der Waals surface area contributed by atoms with Gasteiger partial charge in [0.05, 0.1) is 11.7 Å². The van der Waals surface area contributed by atoms with Gasteiger partial charge in [0, 0.05) is 19.7 Å². The Bertz CT molecular complexity index is 503. The first kappa shape index (κ1) is 13.0. The highest BCUT2D eigenvalue weighted by molar-refractivity contribution is 5.74. The van der Waals surface area contributed by atoms with Crippen LogP contribution in [0.4, 0.5) is 0 Å². The Kier molecular flexibility index (Phi) is 4.31. The summed E-state index contributed by atoms with van der Waals surface area (Å²) < 4.78 is 2.17. The molecule has 4 heteroatoms. The zero-order valence-corrected chi connectivity index (χ0v) is 11.3. The molecule has 0 bridgehead atoms. The molecule has 1 atom stereocenters. The third-order valence-corrected chi connectivity index (χ3v) is 3.70. The lowest BCUT2D eigenvalue weighted by molar-refractivity contribution is 0.437. The van der Waals surface area contributed by atoms with E-state index in [1.807, 2.05) is 18.5 Å². The molecule has 1 unspecified atom stereocenters. The van der Waals surface area contributed by atoms with Crippen molar-refractivity contribution in [2.45, 2.75) is 32.6 Å². The first-order chi connectivity index (χ1) is 8.76. The van der Waals surface area contributed by atoms with E-state index < -0.39 is 0 Å². The van der Waals surface area contributed by atoms with Crippen molar-refractivity contribution in [2.24, 2.45) is 18.7 Å². The summed E-state index contributed by atoms with van der Waals surface area (Å²) in [6.45, 7) is 3.02. The standard InChI is InChI=1S/C14H22N4/c1-3-11(6-8-15)4-5-14-17-12-10-16-9-7-13(12)18(14)2/h7,9-11H,3-6,8,15H2,1-2H3. The van der Waals surface area contributed by atoms with Gasteiger partial charge in [0.1, 0.15) is 11.3 Å². The first-order valence-electron chi connectivity index (χ1n) is 6.71. The summed E-state index contributed by atoms with van der Waals surface area (Å²) in [5.74, 6) is 1.86. The van der Waals surface area contributed by atoms with E-state index in [-0.39, 0.29) is 0 Å². The van der Waals surface area contributed by atoms with Gasteiger partial charge in [-0.15, -0.1) is 0 Å². The SMILES string of the molecule is CCC(CCN)CCc1nc2cnccc2n1C. The lowest BCUT2D eigenvalue weighted by Gasteiger charge is -2.12. The van der Waals surface area contributed by atoms with Crippen LogP contribution in [-0.4, -0.2) is 21.1 Å². The second-order valence-corrected chi connectivity index (χ2v) is 4.84. The van der Waals surface area contributed by atoms with E-state index in [0.717, 1.165) is 42.7 Å². The van der Waals surface area contributed by atoms with E-state index in [2.05, 4.69) is 28.5 Å². The molecule has 0 saturated heterocycles. The molecule has 0 radical (unpaired) electrons. The molecule has 98 valence electrons. The smallest absolute Gasteiger partial charge is 0.109 e. The summed E-state index contributed by atoms with van der Waals surface area (Å²) in [6, 6.07) is 2.02. The minimum atomic E-state index is 0.716. The van der Waals surface area contributed by atoms with Crippen LogP contribution in [0.3, 0.4) is 0 Å². The van der Waals surface area contributed by atoms with Gasteiger partial charge in [0.25, 0.3) is 0 Å². The van der Waals surface area contributed by atoms with Crippen molar-refractivity contribution in [1.29, 1.82) is 0 Å². The summed E-state index contributed by atoms with van der Waals surface area (Å²) in [5.41, 5.74) is 7.78. The number of hydrogen-bond acceptors (Lipinski definition) is 3. The second kappa shape index (κ2) is 5.96. The number of rotatable bonds is 6. The highest BCUT2D eigenvalue weighted by Crippen LogP contribution is 2.18. The topological polar surface area (TPSA) is 56.7 Å². The highest BCUT2D eigenvalue weighted by atomic mass is 15.1. The Labute approximate surface area is 108 Å². The number of pyridine rings is 1. The van der Waals surface area contributed by atoms with Crippen LogP contribution in [0.5, 0.6) is 0 Å². The van der Waals surface area contributed by atoms with Crippen LogP contribution in [0.2, 0.25) is 0 Å². The number of hydrogen-bond donors (Lipinski definition) is 1. The second-order valence-electron chi connectivity index (χ2n) is 4.84. The number of imidazole rings is 1. The molecule has 0 aliphatic heterocycles. The van der Waals surface area contributed by atoms with Crippen LogP contribution >= 0.6 is 0 Å². The summed E-state index contributed by atoms with van der Waals surface area (Å²) >= 11 is 0. The quantitative estimate of drug-likeness (QED) is 0.850. The maximum absolute atomic E-state index is 5.64. The summed E-state index contributed by atoms with van der Waals surface area (Å²) in [7, 11) is 2.08. The van der Waals surface area contributed by atoms with Gasteiger partial charge in [0.2, 0.25) is 0 Å². The molecule has 2 heterocycles. The molecule has 2 aromatic rings. The van der Waals surface area contributed by atoms with E-state index in [1.54, 1.807) is 0 Å². The van der Waals surface area contributed by atoms with Gasteiger partial charge >= 0.3 is 0 Å². The minimum Gasteiger partial charge on any atom is -0.331 e. The molecule has 0 amide bonds. The van der Waals surface area contributed by atoms with Crippen LogP contribution in [0.25, 0.3) is 11.0 Å². The van der Waals surface area contributed by atoms with Crippen LogP contribution in [0.1, 0.15) is 32.0 Å². The Morgan fingerprint density at radius 1 is 1.39 bits per heavy atom. The van der Waals surface area contributed by atoms with Gasteiger partial charge in [0.15, 0.2) is 0 Å². The van der Waals surface area contributed by atoms with Crippen molar-refractivity contribution in [3.05, 3.63) is 24.3 Å². The number of nitrogens with zero attached hydrogens (tertiary/aromatic N) is 3. The maximum Gasteiger partial charge on any atom is 0.109 e. The van der Waals surface area contributed by atoms with E-state index in [9.17, 15) is 0 Å². The third kappa shape index (κ3) is 2.70. The Hall–Kier alpha value is -1.42. The van der Waals surface area contributed by atoms with Gasteiger partial charge in [-0.25, -0.2) is 4.98 Å². The molecule has 0 saturated carbocycles.